The molecule has 2 aromatic carbocycles. The van der Waals surface area contributed by atoms with Crippen molar-refractivity contribution in [3.05, 3.63) is 75.8 Å². The van der Waals surface area contributed by atoms with Crippen LogP contribution in [-0.4, -0.2) is 27.4 Å². The van der Waals surface area contributed by atoms with Gasteiger partial charge < -0.3 is 10.6 Å². The van der Waals surface area contributed by atoms with E-state index in [9.17, 15) is 4.79 Å². The molecular weight excluding hydrogens is 385 g/mol. The number of hydrogen-bond acceptors (Lipinski definition) is 5. The molecule has 8 heteroatoms. The van der Waals surface area contributed by atoms with Crippen LogP contribution in [-0.2, 0) is 6.42 Å². The highest BCUT2D eigenvalue weighted by Crippen LogP contribution is 2.17. The van der Waals surface area contributed by atoms with Crippen molar-refractivity contribution in [1.82, 2.24) is 20.3 Å². The molecule has 1 heterocycles. The van der Waals surface area contributed by atoms with Gasteiger partial charge in [0.15, 0.2) is 0 Å². The van der Waals surface area contributed by atoms with Crippen LogP contribution < -0.4 is 10.6 Å². The van der Waals surface area contributed by atoms with Crippen molar-refractivity contribution in [3.8, 4) is 0 Å². The van der Waals surface area contributed by atoms with Gasteiger partial charge in [-0.1, -0.05) is 35.9 Å². The molecular formula is C19H17Cl2N5O. The average Bonchev–Trinajstić information content (AvgIpc) is 2.62. The first-order valence-corrected chi connectivity index (χ1v) is 9.03. The smallest absolute Gasteiger partial charge is 0.251 e. The largest absolute Gasteiger partial charge is 0.352 e. The first-order valence-electron chi connectivity index (χ1n) is 8.27. The molecule has 0 aliphatic carbocycles. The SMILES string of the molecule is Cc1ccc(CCNC(=O)c2cccc(Nc3nc(Cl)nc(Cl)n3)c2)cc1. The van der Waals surface area contributed by atoms with Crippen molar-refractivity contribution < 1.29 is 4.79 Å². The first-order chi connectivity index (χ1) is 13.0. The topological polar surface area (TPSA) is 79.8 Å². The number of amides is 1. The second-order valence-corrected chi connectivity index (χ2v) is 6.57. The molecule has 3 rings (SSSR count). The van der Waals surface area contributed by atoms with Crippen molar-refractivity contribution in [3.63, 3.8) is 0 Å². The van der Waals surface area contributed by atoms with Gasteiger partial charge in [0.25, 0.3) is 5.91 Å². The zero-order valence-corrected chi connectivity index (χ0v) is 16.1. The number of aromatic nitrogens is 3. The highest BCUT2D eigenvalue weighted by atomic mass is 35.5. The Balaban J connectivity index is 1.60. The normalized spacial score (nSPS) is 10.5. The number of aryl methyl sites for hydroxylation is 1. The Morgan fingerprint density at radius 2 is 1.70 bits per heavy atom. The Kier molecular flexibility index (Phi) is 6.21. The monoisotopic (exact) mass is 401 g/mol. The Bertz CT molecular complexity index is 927. The molecule has 0 fully saturated rings. The minimum atomic E-state index is -0.155. The third-order valence-electron chi connectivity index (χ3n) is 3.78. The highest BCUT2D eigenvalue weighted by Gasteiger charge is 2.08. The summed E-state index contributed by atoms with van der Waals surface area (Å²) in [6.45, 7) is 2.60. The lowest BCUT2D eigenvalue weighted by molar-refractivity contribution is 0.0954. The number of nitrogens with one attached hydrogen (secondary N) is 2. The Morgan fingerprint density at radius 1 is 1.00 bits per heavy atom. The van der Waals surface area contributed by atoms with E-state index in [0.717, 1.165) is 6.42 Å². The molecule has 138 valence electrons. The molecule has 0 radical (unpaired) electrons. The van der Waals surface area contributed by atoms with Crippen LogP contribution in [0, 0.1) is 6.92 Å². The average molecular weight is 402 g/mol. The van der Waals surface area contributed by atoms with Crippen LogP contribution in [0.25, 0.3) is 0 Å². The quantitative estimate of drug-likeness (QED) is 0.646. The second-order valence-electron chi connectivity index (χ2n) is 5.89. The summed E-state index contributed by atoms with van der Waals surface area (Å²) in [6, 6.07) is 15.2. The number of carbonyl (C=O) groups is 1. The predicted octanol–water partition coefficient (Wildman–Crippen LogP) is 4.20. The maximum absolute atomic E-state index is 12.4. The van der Waals surface area contributed by atoms with Gasteiger partial charge in [0.2, 0.25) is 16.5 Å². The minimum Gasteiger partial charge on any atom is -0.352 e. The molecule has 0 unspecified atom stereocenters. The number of anilines is 2. The molecule has 1 amide bonds. The van der Waals surface area contributed by atoms with Crippen molar-refractivity contribution >= 4 is 40.7 Å². The van der Waals surface area contributed by atoms with Gasteiger partial charge in [0.05, 0.1) is 0 Å². The fourth-order valence-corrected chi connectivity index (χ4v) is 2.79. The lowest BCUT2D eigenvalue weighted by Gasteiger charge is -2.09. The van der Waals surface area contributed by atoms with Gasteiger partial charge in [-0.3, -0.25) is 4.79 Å². The number of rotatable bonds is 6. The molecule has 2 N–H and O–H groups in total. The molecule has 0 aliphatic rings. The predicted molar refractivity (Wildman–Crippen MR) is 107 cm³/mol. The van der Waals surface area contributed by atoms with E-state index >= 15 is 0 Å². The summed E-state index contributed by atoms with van der Waals surface area (Å²) in [5, 5.41) is 5.85. The van der Waals surface area contributed by atoms with Crippen LogP contribution in [0.4, 0.5) is 11.6 Å². The molecule has 0 spiro atoms. The van der Waals surface area contributed by atoms with E-state index in [4.69, 9.17) is 23.2 Å². The third kappa shape index (κ3) is 5.64. The minimum absolute atomic E-state index is 0.0116. The summed E-state index contributed by atoms with van der Waals surface area (Å²) < 4.78 is 0. The van der Waals surface area contributed by atoms with E-state index < -0.39 is 0 Å². The van der Waals surface area contributed by atoms with Gasteiger partial charge in [-0.2, -0.15) is 15.0 Å². The van der Waals surface area contributed by atoms with Crippen LogP contribution >= 0.6 is 23.2 Å². The van der Waals surface area contributed by atoms with E-state index in [1.165, 1.54) is 11.1 Å². The lowest BCUT2D eigenvalue weighted by atomic mass is 10.1. The van der Waals surface area contributed by atoms with Crippen molar-refractivity contribution in [1.29, 1.82) is 0 Å². The molecule has 0 aliphatic heterocycles. The maximum atomic E-state index is 12.4. The Labute approximate surface area is 167 Å². The highest BCUT2D eigenvalue weighted by molar-refractivity contribution is 6.31. The molecule has 0 saturated carbocycles. The molecule has 0 bridgehead atoms. The van der Waals surface area contributed by atoms with Gasteiger partial charge in [0.1, 0.15) is 0 Å². The Hall–Kier alpha value is -2.70. The van der Waals surface area contributed by atoms with E-state index in [0.29, 0.717) is 17.8 Å². The summed E-state index contributed by atoms with van der Waals surface area (Å²) in [5.74, 6) is 0.0504. The summed E-state index contributed by atoms with van der Waals surface area (Å²) >= 11 is 11.5. The van der Waals surface area contributed by atoms with Gasteiger partial charge in [-0.15, -0.1) is 0 Å². The number of hydrogen-bond donors (Lipinski definition) is 2. The molecule has 1 aromatic heterocycles. The summed E-state index contributed by atoms with van der Waals surface area (Å²) in [4.78, 5) is 23.9. The van der Waals surface area contributed by atoms with Crippen LogP contribution in [0.2, 0.25) is 10.6 Å². The van der Waals surface area contributed by atoms with Gasteiger partial charge in [0, 0.05) is 17.8 Å². The van der Waals surface area contributed by atoms with Crippen LogP contribution in [0.5, 0.6) is 0 Å². The summed E-state index contributed by atoms with van der Waals surface area (Å²) in [7, 11) is 0. The number of halogens is 2. The van der Waals surface area contributed by atoms with Crippen molar-refractivity contribution in [2.75, 3.05) is 11.9 Å². The maximum Gasteiger partial charge on any atom is 0.251 e. The second kappa shape index (κ2) is 8.79. The van der Waals surface area contributed by atoms with E-state index in [1.54, 1.807) is 24.3 Å². The van der Waals surface area contributed by atoms with Gasteiger partial charge in [-0.25, -0.2) is 0 Å². The molecule has 0 atom stereocenters. The van der Waals surface area contributed by atoms with Crippen molar-refractivity contribution in [2.45, 2.75) is 13.3 Å². The fraction of sp³-hybridized carbons (Fsp3) is 0.158. The van der Waals surface area contributed by atoms with E-state index in [-0.39, 0.29) is 22.4 Å². The molecule has 3 aromatic rings. The number of benzene rings is 2. The zero-order valence-electron chi connectivity index (χ0n) is 14.5. The number of carbonyl (C=O) groups excluding carboxylic acids is 1. The molecule has 27 heavy (non-hydrogen) atoms. The summed E-state index contributed by atoms with van der Waals surface area (Å²) in [6.07, 6.45) is 0.770. The van der Waals surface area contributed by atoms with Crippen LogP contribution in [0.15, 0.2) is 48.5 Å². The Morgan fingerprint density at radius 3 is 2.41 bits per heavy atom. The molecule has 0 saturated heterocycles. The first kappa shape index (κ1) is 19.1. The molecule has 6 nitrogen and oxygen atoms in total. The standard InChI is InChI=1S/C19H17Cl2N5O/c1-12-5-7-13(8-6-12)9-10-22-16(27)14-3-2-4-15(11-14)23-19-25-17(20)24-18(21)26-19/h2-8,11H,9-10H2,1H3,(H,22,27)(H,23,24,25,26). The summed E-state index contributed by atoms with van der Waals surface area (Å²) in [5.41, 5.74) is 3.56. The van der Waals surface area contributed by atoms with Crippen LogP contribution in [0.1, 0.15) is 21.5 Å². The lowest BCUT2D eigenvalue weighted by Crippen LogP contribution is -2.25. The van der Waals surface area contributed by atoms with E-state index in [1.807, 2.05) is 6.92 Å². The van der Waals surface area contributed by atoms with Gasteiger partial charge in [-0.05, 0) is 60.3 Å². The third-order valence-corrected chi connectivity index (χ3v) is 4.12. The van der Waals surface area contributed by atoms with E-state index in [2.05, 4.69) is 49.9 Å². The fourth-order valence-electron chi connectivity index (χ4n) is 2.43. The zero-order chi connectivity index (χ0) is 19.2. The van der Waals surface area contributed by atoms with Crippen LogP contribution in [0.3, 0.4) is 0 Å². The number of nitrogens with zero attached hydrogens (tertiary/aromatic N) is 3. The van der Waals surface area contributed by atoms with Gasteiger partial charge >= 0.3 is 0 Å². The van der Waals surface area contributed by atoms with Crippen molar-refractivity contribution in [2.24, 2.45) is 0 Å².